The fourth-order valence-electron chi connectivity index (χ4n) is 5.07. The van der Waals surface area contributed by atoms with Gasteiger partial charge in [0.2, 0.25) is 5.52 Å². The van der Waals surface area contributed by atoms with Crippen LogP contribution >= 0.6 is 13.5 Å². The maximum atomic E-state index is 13.7. The Labute approximate surface area is 221 Å². The lowest BCUT2D eigenvalue weighted by Gasteiger charge is -2.44. The number of nitrogens with zero attached hydrogens (tertiary/aromatic N) is 5. The van der Waals surface area contributed by atoms with E-state index < -0.39 is 0 Å². The minimum absolute atomic E-state index is 0. The highest BCUT2D eigenvalue weighted by Gasteiger charge is 2.32. The van der Waals surface area contributed by atoms with E-state index in [0.717, 1.165) is 11.1 Å². The Balaban J connectivity index is 0.00000320. The first kappa shape index (κ1) is 26.3. The second kappa shape index (κ2) is 10.7. The van der Waals surface area contributed by atoms with Gasteiger partial charge in [-0.2, -0.15) is 13.5 Å². The molecule has 2 aromatic heterocycles. The molecule has 1 atom stereocenters. The third kappa shape index (κ3) is 5.08. The summed E-state index contributed by atoms with van der Waals surface area (Å²) in [6.45, 7) is 11.4. The number of anilines is 1. The lowest BCUT2D eigenvalue weighted by atomic mass is 9.95. The van der Waals surface area contributed by atoms with E-state index in [9.17, 15) is 13.6 Å². The molecule has 0 spiro atoms. The quantitative estimate of drug-likeness (QED) is 0.349. The van der Waals surface area contributed by atoms with Gasteiger partial charge in [0.15, 0.2) is 0 Å². The molecule has 0 unspecified atom stereocenters. The number of pyridine rings is 2. The van der Waals surface area contributed by atoms with Crippen LogP contribution in [-0.2, 0) is 7.05 Å². The van der Waals surface area contributed by atoms with E-state index in [-0.39, 0.29) is 48.6 Å². The Bertz CT molecular complexity index is 1470. The van der Waals surface area contributed by atoms with Crippen LogP contribution < -0.4 is 10.5 Å². The van der Waals surface area contributed by atoms with Gasteiger partial charge in [0.25, 0.3) is 11.4 Å². The molecule has 0 saturated carbocycles. The Morgan fingerprint density at radius 3 is 2.11 bits per heavy atom. The number of aryl methyl sites for hydroxylation is 1. The number of fused-ring (bicyclic) bond motifs is 1. The van der Waals surface area contributed by atoms with Crippen LogP contribution in [0.1, 0.15) is 24.1 Å². The molecule has 0 aliphatic carbocycles. The second-order valence-corrected chi connectivity index (χ2v) is 9.12. The van der Waals surface area contributed by atoms with E-state index in [0.29, 0.717) is 36.4 Å². The van der Waals surface area contributed by atoms with Crippen molar-refractivity contribution in [3.8, 4) is 0 Å². The average Bonchev–Trinajstić information content (AvgIpc) is 2.88. The van der Waals surface area contributed by atoms with E-state index in [1.807, 2.05) is 0 Å². The number of hydrogen-bond acceptors (Lipinski definition) is 4. The molecule has 0 N–H and O–H groups in total. The lowest BCUT2D eigenvalue weighted by molar-refractivity contribution is 0.188. The van der Waals surface area contributed by atoms with Crippen LogP contribution in [0, 0.1) is 18.2 Å². The van der Waals surface area contributed by atoms with Crippen molar-refractivity contribution in [3.05, 3.63) is 111 Å². The summed E-state index contributed by atoms with van der Waals surface area (Å²) in [7, 11) is 1.70. The zero-order valence-electron chi connectivity index (χ0n) is 20.5. The van der Waals surface area contributed by atoms with Crippen molar-refractivity contribution in [1.82, 2.24) is 14.5 Å². The topological polar surface area (TPSA) is 45.7 Å². The van der Waals surface area contributed by atoms with Crippen LogP contribution in [0.15, 0.2) is 71.5 Å². The molecule has 0 radical (unpaired) electrons. The number of rotatable bonds is 4. The second-order valence-electron chi connectivity index (χ2n) is 9.12. The number of piperazine rings is 1. The zero-order valence-corrected chi connectivity index (χ0v) is 21.5. The van der Waals surface area contributed by atoms with Gasteiger partial charge in [-0.3, -0.25) is 9.69 Å². The summed E-state index contributed by atoms with van der Waals surface area (Å²) < 4.78 is 28.9. The number of benzene rings is 2. The largest absolute Gasteiger partial charge is 0.363 e. The summed E-state index contributed by atoms with van der Waals surface area (Å²) in [4.78, 5) is 25.2. The van der Waals surface area contributed by atoms with Crippen molar-refractivity contribution in [2.45, 2.75) is 19.0 Å². The van der Waals surface area contributed by atoms with Gasteiger partial charge in [-0.1, -0.05) is 30.8 Å². The number of hydrogen-bond donors (Lipinski definition) is 0. The lowest BCUT2D eigenvalue weighted by Crippen LogP contribution is -2.53. The molecule has 6 nitrogen and oxygen atoms in total. The third-order valence-electron chi connectivity index (χ3n) is 6.87. The highest BCUT2D eigenvalue weighted by molar-refractivity contribution is 7.59. The van der Waals surface area contributed by atoms with Crippen LogP contribution in [-0.4, -0.2) is 40.1 Å². The molecule has 9 heteroatoms. The molecule has 1 aliphatic heterocycles. The van der Waals surface area contributed by atoms with Gasteiger partial charge < -0.3 is 14.3 Å². The molecule has 3 heterocycles. The van der Waals surface area contributed by atoms with Crippen LogP contribution in [0.4, 0.5) is 20.3 Å². The maximum absolute atomic E-state index is 13.7. The SMILES string of the molecule is S.[C-]#[N+]c1ccc2c(n1)c(N1CCN(C(c3ccc(F)cc3)c3ccc(F)cc3)C[C@@H]1C)cc(=O)n2C. The summed E-state index contributed by atoms with van der Waals surface area (Å²) in [5, 5.41) is 0. The predicted molar refractivity (Wildman–Crippen MR) is 147 cm³/mol. The van der Waals surface area contributed by atoms with Gasteiger partial charge in [0, 0.05) is 38.8 Å². The third-order valence-corrected chi connectivity index (χ3v) is 6.87. The van der Waals surface area contributed by atoms with Gasteiger partial charge >= 0.3 is 0 Å². The molecule has 0 amide bonds. The van der Waals surface area contributed by atoms with Crippen molar-refractivity contribution in [2.24, 2.45) is 7.05 Å². The summed E-state index contributed by atoms with van der Waals surface area (Å²) in [5.41, 5.74) is 3.72. The zero-order chi connectivity index (χ0) is 25.4. The van der Waals surface area contributed by atoms with Crippen LogP contribution in [0.2, 0.25) is 0 Å². The molecule has 1 aliphatic rings. The van der Waals surface area contributed by atoms with Crippen molar-refractivity contribution in [1.29, 1.82) is 0 Å². The van der Waals surface area contributed by atoms with Crippen molar-refractivity contribution < 1.29 is 8.78 Å². The van der Waals surface area contributed by atoms with Crippen LogP contribution in [0.3, 0.4) is 0 Å². The first-order valence-corrected chi connectivity index (χ1v) is 11.8. The molecular formula is C28H27F2N5OS. The van der Waals surface area contributed by atoms with Gasteiger partial charge in [-0.15, -0.1) is 4.98 Å². The molecule has 1 saturated heterocycles. The van der Waals surface area contributed by atoms with E-state index in [4.69, 9.17) is 6.57 Å². The Kier molecular flexibility index (Phi) is 7.62. The summed E-state index contributed by atoms with van der Waals surface area (Å²) in [6.07, 6.45) is 0. The summed E-state index contributed by atoms with van der Waals surface area (Å²) in [5.74, 6) is -0.335. The molecule has 1 fully saturated rings. The first-order valence-electron chi connectivity index (χ1n) is 11.8. The molecule has 2 aromatic carbocycles. The van der Waals surface area contributed by atoms with E-state index in [1.54, 1.807) is 54.1 Å². The monoisotopic (exact) mass is 519 g/mol. The van der Waals surface area contributed by atoms with E-state index in [2.05, 4.69) is 26.6 Å². The van der Waals surface area contributed by atoms with Crippen LogP contribution in [0.5, 0.6) is 0 Å². The molecule has 37 heavy (non-hydrogen) atoms. The Morgan fingerprint density at radius 1 is 0.973 bits per heavy atom. The van der Waals surface area contributed by atoms with Gasteiger partial charge in [-0.25, -0.2) is 8.78 Å². The Morgan fingerprint density at radius 2 is 1.57 bits per heavy atom. The van der Waals surface area contributed by atoms with E-state index >= 15 is 0 Å². The summed E-state index contributed by atoms with van der Waals surface area (Å²) in [6, 6.07) is 17.7. The first-order chi connectivity index (χ1) is 17.4. The normalized spacial score (nSPS) is 16.0. The molecule has 4 aromatic rings. The van der Waals surface area contributed by atoms with Crippen molar-refractivity contribution in [3.63, 3.8) is 0 Å². The average molecular weight is 520 g/mol. The molecule has 190 valence electrons. The number of aromatic nitrogens is 2. The van der Waals surface area contributed by atoms with Gasteiger partial charge in [0.1, 0.15) is 11.6 Å². The molecule has 5 rings (SSSR count). The maximum Gasteiger partial charge on any atom is 0.270 e. The fraction of sp³-hybridized carbons (Fsp3) is 0.250. The van der Waals surface area contributed by atoms with Gasteiger partial charge in [0.05, 0.1) is 17.2 Å². The highest BCUT2D eigenvalue weighted by atomic mass is 32.1. The molecular weight excluding hydrogens is 492 g/mol. The Hall–Kier alpha value is -3.74. The van der Waals surface area contributed by atoms with E-state index in [1.165, 1.54) is 24.3 Å². The number of halogens is 2. The van der Waals surface area contributed by atoms with Crippen molar-refractivity contribution >= 4 is 36.0 Å². The smallest absolute Gasteiger partial charge is 0.270 e. The predicted octanol–water partition coefficient (Wildman–Crippen LogP) is 5.18. The minimum atomic E-state index is -0.307. The van der Waals surface area contributed by atoms with Gasteiger partial charge in [-0.05, 0) is 54.4 Å². The van der Waals surface area contributed by atoms with Crippen molar-refractivity contribution in [2.75, 3.05) is 24.5 Å². The molecule has 0 bridgehead atoms. The fourth-order valence-corrected chi connectivity index (χ4v) is 5.07. The summed E-state index contributed by atoms with van der Waals surface area (Å²) >= 11 is 0. The van der Waals surface area contributed by atoms with Crippen LogP contribution in [0.25, 0.3) is 15.9 Å². The standard InChI is InChI=1S/C28H25F2N5O.H2S/c1-18-17-34(28(19-4-8-21(29)9-5-19)20-6-10-22(30)11-7-20)14-15-35(18)24-16-26(36)33(3)23-12-13-25(31-2)32-27(23)24;/h4-13,16,18,28H,14-15,17H2,1,3H3;1H2/t18-;/m0./s1. The highest BCUT2D eigenvalue weighted by Crippen LogP contribution is 2.34. The minimum Gasteiger partial charge on any atom is -0.363 e.